The number of pyridine rings is 1. The van der Waals surface area contributed by atoms with Crippen LogP contribution in [-0.2, 0) is 9.53 Å². The highest BCUT2D eigenvalue weighted by atomic mass is 32.2. The summed E-state index contributed by atoms with van der Waals surface area (Å²) in [5, 5.41) is 3.15. The number of amides is 1. The number of aryl methyl sites for hydroxylation is 1. The Hall–Kier alpha value is -1.93. The van der Waals surface area contributed by atoms with E-state index >= 15 is 0 Å². The lowest BCUT2D eigenvalue weighted by atomic mass is 10.2. The second-order valence-electron chi connectivity index (χ2n) is 5.40. The van der Waals surface area contributed by atoms with Crippen LogP contribution >= 0.6 is 11.8 Å². The molecule has 2 aromatic heterocycles. The maximum absolute atomic E-state index is 12.0. The van der Waals surface area contributed by atoms with E-state index in [1.165, 1.54) is 4.40 Å². The van der Waals surface area contributed by atoms with Crippen LogP contribution in [0.3, 0.4) is 0 Å². The molecule has 0 bridgehead atoms. The number of carbonyl (C=O) groups excluding carboxylic acids is 1. The topological polar surface area (TPSA) is 85.6 Å². The first-order valence-electron chi connectivity index (χ1n) is 7.50. The summed E-state index contributed by atoms with van der Waals surface area (Å²) in [6, 6.07) is 3.66. The molecule has 23 heavy (non-hydrogen) atoms. The van der Waals surface area contributed by atoms with Gasteiger partial charge in [-0.1, -0.05) is 17.8 Å². The van der Waals surface area contributed by atoms with Gasteiger partial charge < -0.3 is 10.1 Å². The number of nitrogens with zero attached hydrogens (tertiary/aromatic N) is 3. The molecule has 0 aromatic carbocycles. The summed E-state index contributed by atoms with van der Waals surface area (Å²) in [4.78, 5) is 32.1. The van der Waals surface area contributed by atoms with Crippen molar-refractivity contribution >= 4 is 23.3 Å². The van der Waals surface area contributed by atoms with Crippen molar-refractivity contribution in [3.05, 3.63) is 34.4 Å². The fourth-order valence-corrected chi connectivity index (χ4v) is 3.09. The molecule has 122 valence electrons. The maximum Gasteiger partial charge on any atom is 0.355 e. The minimum absolute atomic E-state index is 0.112. The Balaban J connectivity index is 1.61. The Bertz CT molecular complexity index is 771. The summed E-state index contributed by atoms with van der Waals surface area (Å²) in [5.41, 5.74) is 1.06. The Morgan fingerprint density at radius 1 is 1.52 bits per heavy atom. The Morgan fingerprint density at radius 2 is 2.39 bits per heavy atom. The molecule has 1 N–H and O–H groups in total. The van der Waals surface area contributed by atoms with E-state index in [0.29, 0.717) is 17.3 Å². The number of nitrogens with one attached hydrogen (secondary N) is 1. The minimum Gasteiger partial charge on any atom is -0.376 e. The lowest BCUT2D eigenvalue weighted by Crippen LogP contribution is -2.33. The van der Waals surface area contributed by atoms with E-state index in [1.807, 2.05) is 13.0 Å². The molecule has 1 aliphatic rings. The van der Waals surface area contributed by atoms with Gasteiger partial charge in [0.25, 0.3) is 0 Å². The predicted octanol–water partition coefficient (Wildman–Crippen LogP) is 0.785. The van der Waals surface area contributed by atoms with E-state index in [1.54, 1.807) is 12.3 Å². The molecule has 2 aromatic rings. The minimum atomic E-state index is -0.388. The van der Waals surface area contributed by atoms with Crippen LogP contribution in [0.25, 0.3) is 5.65 Å². The lowest BCUT2D eigenvalue weighted by molar-refractivity contribution is -0.119. The van der Waals surface area contributed by atoms with Crippen molar-refractivity contribution in [2.45, 2.75) is 31.0 Å². The van der Waals surface area contributed by atoms with Crippen LogP contribution in [0, 0.1) is 6.92 Å². The fraction of sp³-hybridized carbons (Fsp3) is 0.467. The summed E-state index contributed by atoms with van der Waals surface area (Å²) < 4.78 is 6.85. The monoisotopic (exact) mass is 334 g/mol. The summed E-state index contributed by atoms with van der Waals surface area (Å²) in [6.07, 6.45) is 3.78. The Labute approximate surface area is 137 Å². The molecule has 1 amide bonds. The highest BCUT2D eigenvalue weighted by Crippen LogP contribution is 2.14. The molecule has 0 saturated carbocycles. The van der Waals surface area contributed by atoms with Crippen molar-refractivity contribution in [3.8, 4) is 0 Å². The molecular formula is C15H18N4O3S. The molecule has 1 aliphatic heterocycles. The van der Waals surface area contributed by atoms with Gasteiger partial charge in [0, 0.05) is 19.3 Å². The number of aromatic nitrogens is 3. The third kappa shape index (κ3) is 3.89. The first kappa shape index (κ1) is 15.9. The van der Waals surface area contributed by atoms with Gasteiger partial charge in [-0.05, 0) is 31.4 Å². The molecule has 1 atom stereocenters. The van der Waals surface area contributed by atoms with E-state index in [4.69, 9.17) is 4.74 Å². The zero-order valence-electron chi connectivity index (χ0n) is 12.8. The molecule has 3 rings (SSSR count). The summed E-state index contributed by atoms with van der Waals surface area (Å²) in [7, 11) is 0. The number of thioether (sulfide) groups is 1. The van der Waals surface area contributed by atoms with E-state index < -0.39 is 0 Å². The molecule has 0 spiro atoms. The van der Waals surface area contributed by atoms with Gasteiger partial charge in [0.15, 0.2) is 5.16 Å². The molecule has 0 aliphatic carbocycles. The van der Waals surface area contributed by atoms with Crippen molar-refractivity contribution < 1.29 is 9.53 Å². The first-order chi connectivity index (χ1) is 11.1. The normalized spacial score (nSPS) is 17.5. The highest BCUT2D eigenvalue weighted by Gasteiger charge is 2.16. The molecule has 1 unspecified atom stereocenters. The second kappa shape index (κ2) is 7.10. The van der Waals surface area contributed by atoms with Gasteiger partial charge in [-0.25, -0.2) is 9.78 Å². The number of hydrogen-bond acceptors (Lipinski definition) is 6. The van der Waals surface area contributed by atoms with Crippen LogP contribution < -0.4 is 11.0 Å². The van der Waals surface area contributed by atoms with Crippen LogP contribution in [0.4, 0.5) is 0 Å². The van der Waals surface area contributed by atoms with Crippen LogP contribution in [-0.4, -0.2) is 45.3 Å². The van der Waals surface area contributed by atoms with Crippen LogP contribution in [0.15, 0.2) is 28.3 Å². The SMILES string of the molecule is Cc1cccn2c(=O)nc(SCC(=O)NCC3CCCO3)nc12. The molecule has 1 saturated heterocycles. The number of rotatable bonds is 5. The number of fused-ring (bicyclic) bond motifs is 1. The third-order valence-electron chi connectivity index (χ3n) is 3.64. The highest BCUT2D eigenvalue weighted by molar-refractivity contribution is 7.99. The van der Waals surface area contributed by atoms with Gasteiger partial charge in [-0.2, -0.15) is 4.98 Å². The number of carbonyl (C=O) groups is 1. The van der Waals surface area contributed by atoms with Gasteiger partial charge in [0.1, 0.15) is 5.65 Å². The van der Waals surface area contributed by atoms with Gasteiger partial charge in [-0.3, -0.25) is 9.20 Å². The van der Waals surface area contributed by atoms with Crippen LogP contribution in [0.2, 0.25) is 0 Å². The lowest BCUT2D eigenvalue weighted by Gasteiger charge is -2.10. The van der Waals surface area contributed by atoms with Crippen molar-refractivity contribution in [1.29, 1.82) is 0 Å². The zero-order chi connectivity index (χ0) is 16.2. The first-order valence-corrected chi connectivity index (χ1v) is 8.49. The van der Waals surface area contributed by atoms with E-state index in [9.17, 15) is 9.59 Å². The standard InChI is InChI=1S/C15H18N4O3S/c1-10-4-2-6-19-13(10)17-14(18-15(19)21)23-9-12(20)16-8-11-5-3-7-22-11/h2,4,6,11H,3,5,7-9H2,1H3,(H,16,20). The van der Waals surface area contributed by atoms with Crippen molar-refractivity contribution in [2.75, 3.05) is 18.9 Å². The smallest absolute Gasteiger partial charge is 0.355 e. The van der Waals surface area contributed by atoms with E-state index in [0.717, 1.165) is 36.8 Å². The molecule has 7 nitrogen and oxygen atoms in total. The maximum atomic E-state index is 12.0. The average Bonchev–Trinajstić information content (AvgIpc) is 3.05. The summed E-state index contributed by atoms with van der Waals surface area (Å²) >= 11 is 1.16. The molecule has 0 radical (unpaired) electrons. The molecule has 8 heteroatoms. The van der Waals surface area contributed by atoms with E-state index in [2.05, 4.69) is 15.3 Å². The number of hydrogen-bond donors (Lipinski definition) is 1. The van der Waals surface area contributed by atoms with E-state index in [-0.39, 0.29) is 23.5 Å². The molecule has 1 fully saturated rings. The van der Waals surface area contributed by atoms with Crippen LogP contribution in [0.1, 0.15) is 18.4 Å². The van der Waals surface area contributed by atoms with Gasteiger partial charge >= 0.3 is 5.69 Å². The Kier molecular flexibility index (Phi) is 4.92. The second-order valence-corrected chi connectivity index (χ2v) is 6.34. The summed E-state index contributed by atoms with van der Waals surface area (Å²) in [6.45, 7) is 3.17. The average molecular weight is 334 g/mol. The fourth-order valence-electron chi connectivity index (χ4n) is 2.43. The molecular weight excluding hydrogens is 316 g/mol. The zero-order valence-corrected chi connectivity index (χ0v) is 13.6. The number of ether oxygens (including phenoxy) is 1. The van der Waals surface area contributed by atoms with Gasteiger partial charge in [0.05, 0.1) is 11.9 Å². The van der Waals surface area contributed by atoms with Gasteiger partial charge in [-0.15, -0.1) is 0 Å². The molecule has 3 heterocycles. The Morgan fingerprint density at radius 3 is 3.17 bits per heavy atom. The van der Waals surface area contributed by atoms with Crippen molar-refractivity contribution in [3.63, 3.8) is 0 Å². The third-order valence-corrected chi connectivity index (χ3v) is 4.49. The predicted molar refractivity (Wildman–Crippen MR) is 86.7 cm³/mol. The largest absolute Gasteiger partial charge is 0.376 e. The van der Waals surface area contributed by atoms with Gasteiger partial charge in [0.2, 0.25) is 5.91 Å². The van der Waals surface area contributed by atoms with Crippen molar-refractivity contribution in [2.24, 2.45) is 0 Å². The quantitative estimate of drug-likeness (QED) is 0.814. The summed E-state index contributed by atoms with van der Waals surface area (Å²) in [5.74, 6) is 0.0629. The van der Waals surface area contributed by atoms with Crippen LogP contribution in [0.5, 0.6) is 0 Å². The van der Waals surface area contributed by atoms with Crippen molar-refractivity contribution in [1.82, 2.24) is 19.7 Å².